The summed E-state index contributed by atoms with van der Waals surface area (Å²) in [5.74, 6) is 0.908. The maximum absolute atomic E-state index is 12.6. The van der Waals surface area contributed by atoms with Crippen LogP contribution in [0.1, 0.15) is 23.6 Å². The van der Waals surface area contributed by atoms with Crippen LogP contribution in [0.2, 0.25) is 0 Å². The maximum Gasteiger partial charge on any atom is 0.308 e. The molecule has 160 valence electrons. The van der Waals surface area contributed by atoms with Crippen molar-refractivity contribution in [3.63, 3.8) is 0 Å². The van der Waals surface area contributed by atoms with Crippen LogP contribution in [0.25, 0.3) is 6.08 Å². The van der Waals surface area contributed by atoms with E-state index in [-0.39, 0.29) is 12.2 Å². The molecule has 0 aliphatic heterocycles. The van der Waals surface area contributed by atoms with Gasteiger partial charge >= 0.3 is 5.97 Å². The van der Waals surface area contributed by atoms with Crippen molar-refractivity contribution >= 4 is 17.8 Å². The number of carbonyl (C=O) groups excluding carboxylic acids is 2. The highest BCUT2D eigenvalue weighted by Crippen LogP contribution is 2.28. The number of hydrogen-bond acceptors (Lipinski definition) is 6. The summed E-state index contributed by atoms with van der Waals surface area (Å²) >= 11 is 0. The molecule has 0 spiro atoms. The van der Waals surface area contributed by atoms with Crippen molar-refractivity contribution in [1.29, 1.82) is 0 Å². The third-order valence-electron chi connectivity index (χ3n) is 4.54. The number of allylic oxidation sites excluding steroid dienone is 1. The summed E-state index contributed by atoms with van der Waals surface area (Å²) < 4.78 is 17.8. The number of aromatic nitrogens is 2. The molecule has 1 aromatic heterocycles. The van der Waals surface area contributed by atoms with Crippen molar-refractivity contribution in [2.45, 2.75) is 20.0 Å². The fourth-order valence-corrected chi connectivity index (χ4v) is 2.99. The highest BCUT2D eigenvalue weighted by molar-refractivity contribution is 5.95. The summed E-state index contributed by atoms with van der Waals surface area (Å²) in [4.78, 5) is 23.8. The number of hydrogen-bond donors (Lipinski definition) is 0. The van der Waals surface area contributed by atoms with E-state index in [1.165, 1.54) is 20.1 Å². The smallest absolute Gasteiger partial charge is 0.308 e. The molecule has 31 heavy (non-hydrogen) atoms. The number of nitrogens with zero attached hydrogens (tertiary/aromatic N) is 2. The van der Waals surface area contributed by atoms with Gasteiger partial charge in [0.2, 0.25) is 5.88 Å². The van der Waals surface area contributed by atoms with Crippen molar-refractivity contribution in [3.05, 3.63) is 77.5 Å². The molecule has 3 aromatic rings. The zero-order chi connectivity index (χ0) is 22.2. The van der Waals surface area contributed by atoms with E-state index in [0.29, 0.717) is 24.0 Å². The van der Waals surface area contributed by atoms with Crippen LogP contribution in [-0.2, 0) is 29.7 Å². The number of ketones is 1. The second kappa shape index (κ2) is 10.2. The minimum atomic E-state index is -0.444. The van der Waals surface area contributed by atoms with E-state index in [9.17, 15) is 9.59 Å². The molecule has 0 fully saturated rings. The zero-order valence-electron chi connectivity index (χ0n) is 17.7. The summed E-state index contributed by atoms with van der Waals surface area (Å²) in [7, 11) is 3.30. The molecule has 2 aromatic carbocycles. The molecule has 0 amide bonds. The Morgan fingerprint density at radius 3 is 2.52 bits per heavy atom. The lowest BCUT2D eigenvalue weighted by Crippen LogP contribution is -2.06. The van der Waals surface area contributed by atoms with Gasteiger partial charge in [-0.05, 0) is 34.9 Å². The lowest BCUT2D eigenvalue weighted by atomic mass is 10.0. The van der Waals surface area contributed by atoms with Gasteiger partial charge in [-0.25, -0.2) is 4.68 Å². The van der Waals surface area contributed by atoms with Crippen LogP contribution in [0, 0.1) is 0 Å². The SMILES string of the molecule is COc1ccc(/C=C/C(=O)Cc2ccccc2COc2ccnn2C)cc1OC(C)=O. The quantitative estimate of drug-likeness (QED) is 0.298. The zero-order valence-corrected chi connectivity index (χ0v) is 17.7. The largest absolute Gasteiger partial charge is 0.493 e. The van der Waals surface area contributed by atoms with Gasteiger partial charge in [-0.2, -0.15) is 5.10 Å². The normalized spacial score (nSPS) is 10.8. The molecule has 0 saturated carbocycles. The fourth-order valence-electron chi connectivity index (χ4n) is 2.99. The van der Waals surface area contributed by atoms with E-state index >= 15 is 0 Å². The number of esters is 1. The third-order valence-corrected chi connectivity index (χ3v) is 4.54. The van der Waals surface area contributed by atoms with Gasteiger partial charge in [0.25, 0.3) is 0 Å². The fraction of sp³-hybridized carbons (Fsp3) is 0.208. The van der Waals surface area contributed by atoms with Crippen molar-refractivity contribution in [2.24, 2.45) is 7.05 Å². The van der Waals surface area contributed by atoms with E-state index in [4.69, 9.17) is 14.2 Å². The van der Waals surface area contributed by atoms with E-state index in [2.05, 4.69) is 5.10 Å². The average Bonchev–Trinajstić information content (AvgIpc) is 3.16. The van der Waals surface area contributed by atoms with Gasteiger partial charge in [-0.3, -0.25) is 9.59 Å². The van der Waals surface area contributed by atoms with Gasteiger partial charge in [0.15, 0.2) is 17.3 Å². The van der Waals surface area contributed by atoms with Crippen LogP contribution >= 0.6 is 0 Å². The van der Waals surface area contributed by atoms with Crippen molar-refractivity contribution < 1.29 is 23.8 Å². The monoisotopic (exact) mass is 420 g/mol. The Labute approximate surface area is 180 Å². The first kappa shape index (κ1) is 21.8. The average molecular weight is 420 g/mol. The highest BCUT2D eigenvalue weighted by atomic mass is 16.6. The summed E-state index contributed by atoms with van der Waals surface area (Å²) in [6, 6.07) is 14.6. The topological polar surface area (TPSA) is 79.7 Å². The molecule has 1 heterocycles. The molecule has 0 N–H and O–H groups in total. The van der Waals surface area contributed by atoms with Crippen LogP contribution in [0.15, 0.2) is 60.8 Å². The first-order valence-electron chi connectivity index (χ1n) is 9.71. The van der Waals surface area contributed by atoms with Crippen molar-refractivity contribution in [3.8, 4) is 17.4 Å². The highest BCUT2D eigenvalue weighted by Gasteiger charge is 2.09. The number of rotatable bonds is 9. The molecule has 7 heteroatoms. The Hall–Kier alpha value is -3.87. The first-order valence-corrected chi connectivity index (χ1v) is 9.71. The number of ether oxygens (including phenoxy) is 3. The van der Waals surface area contributed by atoms with Crippen LogP contribution < -0.4 is 14.2 Å². The van der Waals surface area contributed by atoms with Crippen LogP contribution in [-0.4, -0.2) is 28.6 Å². The molecule has 0 aliphatic rings. The van der Waals surface area contributed by atoms with E-state index in [1.54, 1.807) is 41.2 Å². The van der Waals surface area contributed by atoms with Crippen molar-refractivity contribution in [1.82, 2.24) is 9.78 Å². The van der Waals surface area contributed by atoms with Gasteiger partial charge < -0.3 is 14.2 Å². The van der Waals surface area contributed by atoms with Crippen LogP contribution in [0.5, 0.6) is 17.4 Å². The molecule has 0 saturated heterocycles. The van der Waals surface area contributed by atoms with E-state index < -0.39 is 5.97 Å². The molecular weight excluding hydrogens is 396 g/mol. The summed E-state index contributed by atoms with van der Waals surface area (Å²) in [5.41, 5.74) is 2.56. The second-order valence-electron chi connectivity index (χ2n) is 6.83. The number of carbonyl (C=O) groups is 2. The number of benzene rings is 2. The van der Waals surface area contributed by atoms with E-state index in [1.807, 2.05) is 31.3 Å². The standard InChI is InChI=1S/C24H24N2O5/c1-17(27)31-23-14-18(9-11-22(23)29-3)8-10-21(28)15-19-6-4-5-7-20(19)16-30-24-12-13-25-26(24)2/h4-14H,15-16H2,1-3H3/b10-8+. The Morgan fingerprint density at radius 2 is 1.84 bits per heavy atom. The molecule has 0 unspecified atom stereocenters. The predicted molar refractivity (Wildman–Crippen MR) is 116 cm³/mol. The third kappa shape index (κ3) is 6.05. The lowest BCUT2D eigenvalue weighted by molar-refractivity contribution is -0.132. The number of aryl methyl sites for hydroxylation is 1. The van der Waals surface area contributed by atoms with E-state index in [0.717, 1.165) is 16.7 Å². The van der Waals surface area contributed by atoms with Gasteiger partial charge in [0, 0.05) is 26.5 Å². The maximum atomic E-state index is 12.6. The molecule has 0 atom stereocenters. The molecule has 0 radical (unpaired) electrons. The van der Waals surface area contributed by atoms with Crippen LogP contribution in [0.3, 0.4) is 0 Å². The molecule has 3 rings (SSSR count). The van der Waals surface area contributed by atoms with Gasteiger partial charge in [0.1, 0.15) is 6.61 Å². The minimum Gasteiger partial charge on any atom is -0.493 e. The summed E-state index contributed by atoms with van der Waals surface area (Å²) in [6.07, 6.45) is 5.11. The first-order chi connectivity index (χ1) is 15.0. The Morgan fingerprint density at radius 1 is 1.06 bits per heavy atom. The summed E-state index contributed by atoms with van der Waals surface area (Å²) in [5, 5.41) is 4.08. The summed E-state index contributed by atoms with van der Waals surface area (Å²) in [6.45, 7) is 1.66. The second-order valence-corrected chi connectivity index (χ2v) is 6.83. The molecule has 0 bridgehead atoms. The molecular formula is C24H24N2O5. The Bertz CT molecular complexity index is 1100. The van der Waals surface area contributed by atoms with Gasteiger partial charge in [-0.1, -0.05) is 36.4 Å². The molecule has 0 aliphatic carbocycles. The van der Waals surface area contributed by atoms with Crippen molar-refractivity contribution in [2.75, 3.05) is 7.11 Å². The predicted octanol–water partition coefficient (Wildman–Crippen LogP) is 3.76. The molecule has 7 nitrogen and oxygen atoms in total. The van der Waals surface area contributed by atoms with Gasteiger partial charge in [0.05, 0.1) is 13.3 Å². The Kier molecular flexibility index (Phi) is 7.22. The number of methoxy groups -OCH3 is 1. The van der Waals surface area contributed by atoms with Gasteiger partial charge in [-0.15, -0.1) is 0 Å². The minimum absolute atomic E-state index is 0.0576. The Balaban J connectivity index is 1.67. The lowest BCUT2D eigenvalue weighted by Gasteiger charge is -2.10. The van der Waals surface area contributed by atoms with Crippen LogP contribution in [0.4, 0.5) is 0 Å².